The van der Waals surface area contributed by atoms with Crippen LogP contribution in [0, 0.1) is 0 Å². The molecule has 0 saturated carbocycles. The van der Waals surface area contributed by atoms with Crippen LogP contribution in [-0.2, 0) is 18.4 Å². The summed E-state index contributed by atoms with van der Waals surface area (Å²) in [5.74, 6) is -0.230. The maximum atomic E-state index is 12.9. The molecule has 0 radical (unpaired) electrons. The number of phosphoric ester groups is 1. The van der Waals surface area contributed by atoms with E-state index in [9.17, 15) is 19.4 Å². The highest BCUT2D eigenvalue weighted by atomic mass is 31.2. The van der Waals surface area contributed by atoms with Crippen LogP contribution in [0.2, 0.25) is 0 Å². The highest BCUT2D eigenvalue weighted by Gasteiger charge is 2.23. The third-order valence-electron chi connectivity index (χ3n) is 10.7. The first kappa shape index (κ1) is 58.9. The van der Waals surface area contributed by atoms with Gasteiger partial charge in [0.1, 0.15) is 13.2 Å². The van der Waals surface area contributed by atoms with E-state index in [1.165, 1.54) is 103 Å². The Morgan fingerprint density at radius 2 is 1.00 bits per heavy atom. The third-order valence-corrected chi connectivity index (χ3v) is 11.6. The van der Waals surface area contributed by atoms with Gasteiger partial charge in [-0.25, -0.2) is 0 Å². The van der Waals surface area contributed by atoms with E-state index in [1.807, 2.05) is 27.2 Å². The van der Waals surface area contributed by atoms with Crippen molar-refractivity contribution in [3.05, 3.63) is 72.9 Å². The average Bonchev–Trinajstić information content (AvgIpc) is 3.21. The average molecular weight is 875 g/mol. The molecule has 0 aromatic carbocycles. The van der Waals surface area contributed by atoms with Crippen LogP contribution in [0.5, 0.6) is 0 Å². The number of quaternary nitrogens is 1. The number of carbonyl (C=O) groups is 1. The predicted molar refractivity (Wildman–Crippen MR) is 260 cm³/mol. The molecule has 0 aromatic heterocycles. The minimum Gasteiger partial charge on any atom is -0.756 e. The molecule has 3 atom stereocenters. The van der Waals surface area contributed by atoms with Gasteiger partial charge >= 0.3 is 0 Å². The zero-order chi connectivity index (χ0) is 45.0. The standard InChI is InChI=1S/C52H95N2O6P/c1-6-8-10-12-14-16-18-20-22-24-26-28-29-31-33-35-37-39-41-43-45-51(55)50(49-60-61(57,58)59-48-47-54(3,4)5)53-52(56)46-44-42-40-38-36-34-32-30-27-25-23-21-19-17-15-13-11-9-7-2/h9,11,15,17,21,23,27,30,34,36,43,45,50-51,55H,6-8,10,12-14,16,18-20,22,24-26,28-29,31-33,35,37-42,44,46-49H2,1-5H3,(H-,53,56,57,58)/b11-9-,17-15-,23-21-,30-27-,36-34-,45-43+. The van der Waals surface area contributed by atoms with E-state index in [-0.39, 0.29) is 12.5 Å². The molecule has 8 nitrogen and oxygen atoms in total. The number of aliphatic hydroxyl groups is 1. The smallest absolute Gasteiger partial charge is 0.268 e. The Balaban J connectivity index is 4.43. The van der Waals surface area contributed by atoms with E-state index >= 15 is 0 Å². The molecule has 9 heteroatoms. The van der Waals surface area contributed by atoms with Crippen molar-refractivity contribution in [1.82, 2.24) is 5.32 Å². The summed E-state index contributed by atoms with van der Waals surface area (Å²) in [6.07, 6.45) is 58.1. The van der Waals surface area contributed by atoms with Gasteiger partial charge in [0.15, 0.2) is 0 Å². The van der Waals surface area contributed by atoms with Crippen molar-refractivity contribution in [2.45, 2.75) is 212 Å². The van der Waals surface area contributed by atoms with Gasteiger partial charge < -0.3 is 28.8 Å². The van der Waals surface area contributed by atoms with E-state index in [2.05, 4.69) is 79.9 Å². The van der Waals surface area contributed by atoms with Crippen LogP contribution < -0.4 is 10.2 Å². The van der Waals surface area contributed by atoms with E-state index in [0.29, 0.717) is 23.9 Å². The number of likely N-dealkylation sites (N-methyl/N-ethyl adjacent to an activating group) is 1. The lowest BCUT2D eigenvalue weighted by atomic mass is 10.0. The molecular weight excluding hydrogens is 780 g/mol. The number of hydrogen-bond acceptors (Lipinski definition) is 6. The SMILES string of the molecule is CC/C=C\C/C=C\C/C=C\C/C=C\C/C=C\CCCCCC(=O)NC(COP(=O)([O-])OCC[N+](C)(C)C)C(O)/C=C/CCCCCCCCCCCCCCCCCCCC. The van der Waals surface area contributed by atoms with Gasteiger partial charge in [0.05, 0.1) is 39.9 Å². The number of rotatable bonds is 44. The fraction of sp³-hybridized carbons (Fsp3) is 0.750. The molecule has 0 saturated heterocycles. The van der Waals surface area contributed by atoms with Crippen molar-refractivity contribution in [2.24, 2.45) is 0 Å². The first-order valence-corrected chi connectivity index (χ1v) is 26.3. The highest BCUT2D eigenvalue weighted by molar-refractivity contribution is 7.45. The summed E-state index contributed by atoms with van der Waals surface area (Å²) in [7, 11) is 1.23. The van der Waals surface area contributed by atoms with Gasteiger partial charge in [-0.3, -0.25) is 9.36 Å². The van der Waals surface area contributed by atoms with Gasteiger partial charge in [0.25, 0.3) is 7.82 Å². The molecule has 0 aliphatic carbocycles. The van der Waals surface area contributed by atoms with Crippen LogP contribution >= 0.6 is 7.82 Å². The maximum Gasteiger partial charge on any atom is 0.268 e. The van der Waals surface area contributed by atoms with Gasteiger partial charge in [-0.1, -0.05) is 202 Å². The van der Waals surface area contributed by atoms with E-state index in [0.717, 1.165) is 70.6 Å². The molecule has 0 heterocycles. The lowest BCUT2D eigenvalue weighted by molar-refractivity contribution is -0.870. The molecular formula is C52H95N2O6P. The first-order chi connectivity index (χ1) is 29.5. The Morgan fingerprint density at radius 3 is 1.46 bits per heavy atom. The number of hydrogen-bond donors (Lipinski definition) is 2. The lowest BCUT2D eigenvalue weighted by Crippen LogP contribution is -2.45. The van der Waals surface area contributed by atoms with Crippen molar-refractivity contribution in [2.75, 3.05) is 40.9 Å². The molecule has 1 amide bonds. The summed E-state index contributed by atoms with van der Waals surface area (Å²) in [4.78, 5) is 25.4. The van der Waals surface area contributed by atoms with Gasteiger partial charge in [0.2, 0.25) is 5.91 Å². The Bertz CT molecular complexity index is 1220. The van der Waals surface area contributed by atoms with Crippen molar-refractivity contribution in [3.63, 3.8) is 0 Å². The second-order valence-electron chi connectivity index (χ2n) is 17.8. The Hall–Kier alpha value is -2.06. The number of nitrogens with zero attached hydrogens (tertiary/aromatic N) is 1. The van der Waals surface area contributed by atoms with Crippen molar-refractivity contribution >= 4 is 13.7 Å². The minimum atomic E-state index is -4.61. The molecule has 0 bridgehead atoms. The molecule has 0 aromatic rings. The molecule has 2 N–H and O–H groups in total. The van der Waals surface area contributed by atoms with Gasteiger partial charge in [-0.2, -0.15) is 0 Å². The van der Waals surface area contributed by atoms with Crippen LogP contribution in [0.15, 0.2) is 72.9 Å². The van der Waals surface area contributed by atoms with Crippen molar-refractivity contribution < 1.29 is 32.9 Å². The van der Waals surface area contributed by atoms with E-state index in [4.69, 9.17) is 9.05 Å². The number of phosphoric acid groups is 1. The Morgan fingerprint density at radius 1 is 0.590 bits per heavy atom. The molecule has 0 spiro atoms. The van der Waals surface area contributed by atoms with Gasteiger partial charge in [-0.15, -0.1) is 0 Å². The number of unbranched alkanes of at least 4 members (excludes halogenated alkanes) is 21. The van der Waals surface area contributed by atoms with E-state index in [1.54, 1.807) is 6.08 Å². The third kappa shape index (κ3) is 45.8. The second kappa shape index (κ2) is 43.2. The molecule has 0 fully saturated rings. The largest absolute Gasteiger partial charge is 0.756 e. The summed E-state index contributed by atoms with van der Waals surface area (Å²) in [6, 6.07) is -0.908. The molecule has 354 valence electrons. The lowest BCUT2D eigenvalue weighted by Gasteiger charge is -2.29. The molecule has 3 unspecified atom stereocenters. The van der Waals surface area contributed by atoms with Crippen LogP contribution in [0.1, 0.15) is 200 Å². The minimum absolute atomic E-state index is 0.0111. The molecule has 61 heavy (non-hydrogen) atoms. The quantitative estimate of drug-likeness (QED) is 0.0273. The van der Waals surface area contributed by atoms with Crippen LogP contribution in [-0.4, -0.2) is 68.5 Å². The van der Waals surface area contributed by atoms with Crippen molar-refractivity contribution in [3.8, 4) is 0 Å². The number of carbonyl (C=O) groups excluding carboxylic acids is 1. The molecule has 0 aliphatic rings. The van der Waals surface area contributed by atoms with Crippen LogP contribution in [0.3, 0.4) is 0 Å². The Labute approximate surface area is 376 Å². The molecule has 0 aliphatic heterocycles. The summed E-state index contributed by atoms with van der Waals surface area (Å²) in [5, 5.41) is 13.8. The fourth-order valence-electron chi connectivity index (χ4n) is 6.77. The van der Waals surface area contributed by atoms with Crippen LogP contribution in [0.25, 0.3) is 0 Å². The molecule has 0 rings (SSSR count). The zero-order valence-corrected chi connectivity index (χ0v) is 41.0. The summed E-state index contributed by atoms with van der Waals surface area (Å²) in [5.41, 5.74) is 0. The topological polar surface area (TPSA) is 108 Å². The van der Waals surface area contributed by atoms with Crippen molar-refractivity contribution in [1.29, 1.82) is 0 Å². The summed E-state index contributed by atoms with van der Waals surface area (Å²) in [6.45, 7) is 4.51. The van der Waals surface area contributed by atoms with Crippen LogP contribution in [0.4, 0.5) is 0 Å². The van der Waals surface area contributed by atoms with Gasteiger partial charge in [0, 0.05) is 6.42 Å². The summed E-state index contributed by atoms with van der Waals surface area (Å²) < 4.78 is 23.2. The monoisotopic (exact) mass is 875 g/mol. The normalized spacial score (nSPS) is 14.8. The Kier molecular flexibility index (Phi) is 41.7. The number of nitrogens with one attached hydrogen (secondary N) is 1. The zero-order valence-electron chi connectivity index (χ0n) is 40.1. The fourth-order valence-corrected chi connectivity index (χ4v) is 7.49. The van der Waals surface area contributed by atoms with E-state index < -0.39 is 26.6 Å². The summed E-state index contributed by atoms with van der Waals surface area (Å²) >= 11 is 0. The maximum absolute atomic E-state index is 12.9. The number of allylic oxidation sites excluding steroid dienone is 11. The first-order valence-electron chi connectivity index (χ1n) is 24.8. The van der Waals surface area contributed by atoms with Gasteiger partial charge in [-0.05, 0) is 64.2 Å². The number of amides is 1. The number of aliphatic hydroxyl groups excluding tert-OH is 1. The predicted octanol–water partition coefficient (Wildman–Crippen LogP) is 13.7. The highest BCUT2D eigenvalue weighted by Crippen LogP contribution is 2.38. The second-order valence-corrected chi connectivity index (χ2v) is 19.2.